The van der Waals surface area contributed by atoms with E-state index in [1.807, 2.05) is 18.6 Å². The highest BCUT2D eigenvalue weighted by atomic mass is 32.2. The van der Waals surface area contributed by atoms with Crippen LogP contribution in [0.25, 0.3) is 0 Å². The molecule has 0 saturated heterocycles. The van der Waals surface area contributed by atoms with Crippen LogP contribution in [0.1, 0.15) is 24.2 Å². The number of nitrogen functional groups attached to an aromatic ring is 1. The Balaban J connectivity index is 2.13. The zero-order valence-electron chi connectivity index (χ0n) is 12.8. The van der Waals surface area contributed by atoms with E-state index in [0.29, 0.717) is 11.4 Å². The average Bonchev–Trinajstić information content (AvgIpc) is 2.47. The summed E-state index contributed by atoms with van der Waals surface area (Å²) < 4.78 is 31.8. The normalized spacial score (nSPS) is 11.3. The van der Waals surface area contributed by atoms with Gasteiger partial charge in [-0.3, -0.25) is 4.79 Å². The van der Waals surface area contributed by atoms with E-state index >= 15 is 0 Å². The molecule has 2 aromatic rings. The van der Waals surface area contributed by atoms with Crippen molar-refractivity contribution in [1.29, 1.82) is 0 Å². The number of hydrogen-bond acceptors (Lipinski definition) is 5. The van der Waals surface area contributed by atoms with Gasteiger partial charge >= 0.3 is 0 Å². The Labute approximate surface area is 135 Å². The fraction of sp³-hybridized carbons (Fsp3) is 0.188. The molecule has 3 N–H and O–H groups in total. The van der Waals surface area contributed by atoms with Crippen molar-refractivity contribution in [2.24, 2.45) is 0 Å². The summed E-state index contributed by atoms with van der Waals surface area (Å²) in [6.45, 7) is 3.78. The van der Waals surface area contributed by atoms with Gasteiger partial charge in [-0.2, -0.15) is 0 Å². The lowest BCUT2D eigenvalue weighted by Gasteiger charge is -2.10. The molecule has 7 heteroatoms. The van der Waals surface area contributed by atoms with Crippen molar-refractivity contribution in [3.63, 3.8) is 0 Å². The maximum Gasteiger partial charge on any atom is 0.265 e. The van der Waals surface area contributed by atoms with E-state index in [9.17, 15) is 13.2 Å². The second kappa shape index (κ2) is 6.70. The Bertz CT molecular complexity index is 782. The summed E-state index contributed by atoms with van der Waals surface area (Å²) in [6, 6.07) is 11.8. The predicted molar refractivity (Wildman–Crippen MR) is 87.7 cm³/mol. The minimum Gasteiger partial charge on any atom is -0.491 e. The lowest BCUT2D eigenvalue weighted by Crippen LogP contribution is -2.30. The number of hydrogen-bond donors (Lipinski definition) is 2. The van der Waals surface area contributed by atoms with Crippen molar-refractivity contribution in [3.8, 4) is 5.75 Å². The highest BCUT2D eigenvalue weighted by Gasteiger charge is 2.18. The van der Waals surface area contributed by atoms with Crippen LogP contribution in [0.2, 0.25) is 0 Å². The molecule has 122 valence electrons. The standard InChI is InChI=1S/C16H18N2O4S/c1-11(2)22-14-7-3-12(4-8-14)16(19)18-23(20,21)15-9-5-13(17)6-10-15/h3-11H,17H2,1-2H3,(H,18,19). The Morgan fingerprint density at radius 1 is 1.04 bits per heavy atom. The van der Waals surface area contributed by atoms with Crippen LogP contribution in [0.5, 0.6) is 5.75 Å². The first-order valence-corrected chi connectivity index (χ1v) is 8.45. The van der Waals surface area contributed by atoms with Crippen LogP contribution >= 0.6 is 0 Å². The highest BCUT2D eigenvalue weighted by Crippen LogP contribution is 2.15. The van der Waals surface area contributed by atoms with Gasteiger partial charge in [0.25, 0.3) is 15.9 Å². The molecule has 0 aliphatic rings. The number of anilines is 1. The molecular formula is C16H18N2O4S. The van der Waals surface area contributed by atoms with Crippen molar-refractivity contribution in [1.82, 2.24) is 4.72 Å². The molecule has 0 unspecified atom stereocenters. The van der Waals surface area contributed by atoms with Gasteiger partial charge in [0.05, 0.1) is 11.0 Å². The van der Waals surface area contributed by atoms with Gasteiger partial charge in [-0.15, -0.1) is 0 Å². The number of benzene rings is 2. The van der Waals surface area contributed by atoms with Gasteiger partial charge in [-0.05, 0) is 62.4 Å². The molecule has 1 amide bonds. The first-order valence-electron chi connectivity index (χ1n) is 6.97. The summed E-state index contributed by atoms with van der Waals surface area (Å²) in [5.41, 5.74) is 6.18. The van der Waals surface area contributed by atoms with Crippen molar-refractivity contribution in [3.05, 3.63) is 54.1 Å². The number of ether oxygens (including phenoxy) is 1. The van der Waals surface area contributed by atoms with E-state index in [1.165, 1.54) is 36.4 Å². The van der Waals surface area contributed by atoms with E-state index in [-0.39, 0.29) is 16.6 Å². The third kappa shape index (κ3) is 4.46. The molecule has 0 aliphatic heterocycles. The smallest absolute Gasteiger partial charge is 0.265 e. The van der Waals surface area contributed by atoms with Crippen LogP contribution < -0.4 is 15.2 Å². The zero-order chi connectivity index (χ0) is 17.0. The first-order chi connectivity index (χ1) is 10.8. The van der Waals surface area contributed by atoms with Crippen LogP contribution in [0.3, 0.4) is 0 Å². The Hall–Kier alpha value is -2.54. The number of carbonyl (C=O) groups excluding carboxylic acids is 1. The lowest BCUT2D eigenvalue weighted by atomic mass is 10.2. The van der Waals surface area contributed by atoms with Gasteiger partial charge in [0.2, 0.25) is 0 Å². The average molecular weight is 334 g/mol. The molecule has 23 heavy (non-hydrogen) atoms. The number of rotatable bonds is 5. The molecule has 0 saturated carbocycles. The van der Waals surface area contributed by atoms with Gasteiger partial charge in [-0.25, -0.2) is 13.1 Å². The van der Waals surface area contributed by atoms with Crippen molar-refractivity contribution in [2.45, 2.75) is 24.8 Å². The van der Waals surface area contributed by atoms with Gasteiger partial charge in [-0.1, -0.05) is 0 Å². The van der Waals surface area contributed by atoms with Crippen LogP contribution in [0.4, 0.5) is 5.69 Å². The third-order valence-corrected chi connectivity index (χ3v) is 4.25. The van der Waals surface area contributed by atoms with Crippen LogP contribution in [-0.4, -0.2) is 20.4 Å². The van der Waals surface area contributed by atoms with Gasteiger partial charge in [0, 0.05) is 11.3 Å². The second-order valence-electron chi connectivity index (χ2n) is 5.19. The van der Waals surface area contributed by atoms with Crippen molar-refractivity contribution >= 4 is 21.6 Å². The lowest BCUT2D eigenvalue weighted by molar-refractivity contribution is 0.0981. The summed E-state index contributed by atoms with van der Waals surface area (Å²) in [5, 5.41) is 0. The van der Waals surface area contributed by atoms with E-state index in [4.69, 9.17) is 10.5 Å². The fourth-order valence-electron chi connectivity index (χ4n) is 1.84. The molecule has 0 aromatic heterocycles. The molecular weight excluding hydrogens is 316 g/mol. The molecule has 0 atom stereocenters. The zero-order valence-corrected chi connectivity index (χ0v) is 13.6. The summed E-state index contributed by atoms with van der Waals surface area (Å²) in [4.78, 5) is 12.1. The maximum absolute atomic E-state index is 12.1. The maximum atomic E-state index is 12.1. The fourth-order valence-corrected chi connectivity index (χ4v) is 2.82. The van der Waals surface area contributed by atoms with Crippen LogP contribution in [0, 0.1) is 0 Å². The Morgan fingerprint density at radius 2 is 1.61 bits per heavy atom. The largest absolute Gasteiger partial charge is 0.491 e. The molecule has 2 aromatic carbocycles. The molecule has 0 heterocycles. The van der Waals surface area contributed by atoms with Crippen LogP contribution in [0.15, 0.2) is 53.4 Å². The van der Waals surface area contributed by atoms with Crippen molar-refractivity contribution < 1.29 is 17.9 Å². The molecule has 0 bridgehead atoms. The van der Waals surface area contributed by atoms with Gasteiger partial charge in [0.15, 0.2) is 0 Å². The monoisotopic (exact) mass is 334 g/mol. The summed E-state index contributed by atoms with van der Waals surface area (Å²) in [6.07, 6.45) is 0.0144. The molecule has 0 spiro atoms. The van der Waals surface area contributed by atoms with Gasteiger partial charge in [0.1, 0.15) is 5.75 Å². The summed E-state index contributed by atoms with van der Waals surface area (Å²) in [5.74, 6) is -0.101. The summed E-state index contributed by atoms with van der Waals surface area (Å²) >= 11 is 0. The van der Waals surface area contributed by atoms with Crippen molar-refractivity contribution in [2.75, 3.05) is 5.73 Å². The number of amides is 1. The highest BCUT2D eigenvalue weighted by molar-refractivity contribution is 7.90. The Morgan fingerprint density at radius 3 is 2.13 bits per heavy atom. The van der Waals surface area contributed by atoms with Crippen LogP contribution in [-0.2, 0) is 10.0 Å². The molecule has 6 nitrogen and oxygen atoms in total. The molecule has 0 fully saturated rings. The second-order valence-corrected chi connectivity index (χ2v) is 6.88. The first kappa shape index (κ1) is 16.8. The number of sulfonamides is 1. The molecule has 2 rings (SSSR count). The number of nitrogens with one attached hydrogen (secondary N) is 1. The van der Waals surface area contributed by atoms with E-state index in [1.54, 1.807) is 12.1 Å². The molecule has 0 radical (unpaired) electrons. The Kier molecular flexibility index (Phi) is 4.90. The minimum absolute atomic E-state index is 0.0144. The molecule has 0 aliphatic carbocycles. The summed E-state index contributed by atoms with van der Waals surface area (Å²) in [7, 11) is -3.94. The topological polar surface area (TPSA) is 98.5 Å². The van der Waals surface area contributed by atoms with E-state index in [2.05, 4.69) is 0 Å². The van der Waals surface area contributed by atoms with Gasteiger partial charge < -0.3 is 10.5 Å². The van der Waals surface area contributed by atoms with E-state index in [0.717, 1.165) is 0 Å². The predicted octanol–water partition coefficient (Wildman–Crippen LogP) is 2.17. The number of nitrogens with two attached hydrogens (primary N) is 1. The quantitative estimate of drug-likeness (QED) is 0.817. The van der Waals surface area contributed by atoms with E-state index < -0.39 is 15.9 Å². The minimum atomic E-state index is -3.94. The third-order valence-electron chi connectivity index (χ3n) is 2.91. The number of carbonyl (C=O) groups is 1. The SMILES string of the molecule is CC(C)Oc1ccc(C(=O)NS(=O)(=O)c2ccc(N)cc2)cc1.